The van der Waals surface area contributed by atoms with Crippen molar-refractivity contribution in [3.05, 3.63) is 5.82 Å². The minimum atomic E-state index is 0.218. The average molecular weight is 378 g/mol. The molecule has 2 aliphatic heterocycles. The predicted molar refractivity (Wildman–Crippen MR) is 104 cm³/mol. The highest BCUT2D eigenvalue weighted by Gasteiger charge is 2.24. The summed E-state index contributed by atoms with van der Waals surface area (Å²) in [6.07, 6.45) is 6.25. The molecule has 8 nitrogen and oxygen atoms in total. The molecule has 3 rings (SSSR count). The van der Waals surface area contributed by atoms with Gasteiger partial charge in [-0.15, -0.1) is 5.10 Å². The van der Waals surface area contributed by atoms with Crippen LogP contribution in [0.3, 0.4) is 0 Å². The number of aromatic nitrogens is 4. The Morgan fingerprint density at radius 1 is 1.22 bits per heavy atom. The van der Waals surface area contributed by atoms with E-state index in [1.54, 1.807) is 0 Å². The summed E-state index contributed by atoms with van der Waals surface area (Å²) in [5, 5.41) is 12.2. The fraction of sp³-hybridized carbons (Fsp3) is 0.895. The van der Waals surface area contributed by atoms with Crippen molar-refractivity contribution in [3.8, 4) is 0 Å². The molecular weight excluding hydrogens is 342 g/mol. The Labute approximate surface area is 162 Å². The van der Waals surface area contributed by atoms with E-state index in [9.17, 15) is 4.79 Å². The summed E-state index contributed by atoms with van der Waals surface area (Å²) in [4.78, 5) is 19.1. The average Bonchev–Trinajstić information content (AvgIpc) is 3.26. The summed E-state index contributed by atoms with van der Waals surface area (Å²) in [7, 11) is 4.08. The molecule has 1 atom stereocenters. The van der Waals surface area contributed by atoms with Crippen molar-refractivity contribution in [1.29, 1.82) is 0 Å². The molecule has 8 heteroatoms. The SMILES string of the molecule is CC1CCN(Cc2nnnn2CCCC(=O)N(C)C[C@@H]2CCCN2C)CC1. The van der Waals surface area contributed by atoms with Crippen LogP contribution in [0.4, 0.5) is 0 Å². The normalized spacial score (nSPS) is 22.4. The van der Waals surface area contributed by atoms with Crippen molar-refractivity contribution in [2.45, 2.75) is 64.6 Å². The van der Waals surface area contributed by atoms with Crippen molar-refractivity contribution in [3.63, 3.8) is 0 Å². The topological polar surface area (TPSA) is 70.4 Å². The molecule has 2 saturated heterocycles. The zero-order chi connectivity index (χ0) is 19.2. The highest BCUT2D eigenvalue weighted by Crippen LogP contribution is 2.18. The Hall–Kier alpha value is -1.54. The molecule has 0 unspecified atom stereocenters. The molecule has 0 aliphatic carbocycles. The summed E-state index contributed by atoms with van der Waals surface area (Å²) in [6.45, 7) is 8.04. The first-order valence-electron chi connectivity index (χ1n) is 10.4. The number of amides is 1. The molecule has 0 N–H and O–H groups in total. The van der Waals surface area contributed by atoms with E-state index in [4.69, 9.17) is 0 Å². The van der Waals surface area contributed by atoms with Crippen molar-refractivity contribution in [1.82, 2.24) is 34.9 Å². The van der Waals surface area contributed by atoms with Gasteiger partial charge in [-0.2, -0.15) is 0 Å². The first-order valence-corrected chi connectivity index (χ1v) is 10.4. The largest absolute Gasteiger partial charge is 0.344 e. The van der Waals surface area contributed by atoms with Gasteiger partial charge in [0.1, 0.15) is 0 Å². The van der Waals surface area contributed by atoms with Crippen LogP contribution in [0.15, 0.2) is 0 Å². The number of nitrogens with zero attached hydrogens (tertiary/aromatic N) is 7. The second kappa shape index (κ2) is 9.59. The van der Waals surface area contributed by atoms with Crippen LogP contribution >= 0.6 is 0 Å². The van der Waals surface area contributed by atoms with Gasteiger partial charge in [-0.25, -0.2) is 4.68 Å². The maximum atomic E-state index is 12.4. The van der Waals surface area contributed by atoms with Gasteiger partial charge < -0.3 is 9.80 Å². The third-order valence-corrected chi connectivity index (χ3v) is 6.19. The lowest BCUT2D eigenvalue weighted by atomic mass is 9.99. The van der Waals surface area contributed by atoms with E-state index in [0.717, 1.165) is 50.9 Å². The molecule has 2 fully saturated rings. The van der Waals surface area contributed by atoms with Gasteiger partial charge in [0.25, 0.3) is 0 Å². The number of likely N-dealkylation sites (tertiary alicyclic amines) is 2. The number of piperidine rings is 1. The molecule has 152 valence electrons. The van der Waals surface area contributed by atoms with Crippen LogP contribution in [0.1, 0.15) is 51.3 Å². The summed E-state index contributed by atoms with van der Waals surface area (Å²) in [5.74, 6) is 1.96. The number of hydrogen-bond donors (Lipinski definition) is 0. The molecule has 0 saturated carbocycles. The fourth-order valence-electron chi connectivity index (χ4n) is 4.13. The number of rotatable bonds is 8. The number of carbonyl (C=O) groups is 1. The first-order chi connectivity index (χ1) is 13.0. The third kappa shape index (κ3) is 5.72. The lowest BCUT2D eigenvalue weighted by Gasteiger charge is -2.29. The monoisotopic (exact) mass is 377 g/mol. The van der Waals surface area contributed by atoms with E-state index in [1.165, 1.54) is 25.7 Å². The maximum Gasteiger partial charge on any atom is 0.222 e. The standard InChI is InChI=1S/C19H35N7O/c1-16-8-12-25(13-9-16)15-18-20-21-22-26(18)11-5-7-19(27)24(3)14-17-6-4-10-23(17)2/h16-17H,4-15H2,1-3H3/t17-/m0/s1. The zero-order valence-corrected chi connectivity index (χ0v) is 17.2. The van der Waals surface area contributed by atoms with Gasteiger partial charge in [-0.3, -0.25) is 9.69 Å². The lowest BCUT2D eigenvalue weighted by molar-refractivity contribution is -0.130. The Kier molecular flexibility index (Phi) is 7.18. The molecule has 0 aromatic carbocycles. The number of hydrogen-bond acceptors (Lipinski definition) is 6. The summed E-state index contributed by atoms with van der Waals surface area (Å²) < 4.78 is 1.87. The van der Waals surface area contributed by atoms with Gasteiger partial charge in [0.05, 0.1) is 6.54 Å². The lowest BCUT2D eigenvalue weighted by Crippen LogP contribution is -2.39. The molecule has 0 spiro atoms. The van der Waals surface area contributed by atoms with Crippen LogP contribution in [0, 0.1) is 5.92 Å². The van der Waals surface area contributed by atoms with Crippen LogP contribution < -0.4 is 0 Å². The zero-order valence-electron chi connectivity index (χ0n) is 17.2. The van der Waals surface area contributed by atoms with Gasteiger partial charge in [-0.1, -0.05) is 6.92 Å². The van der Waals surface area contributed by atoms with Gasteiger partial charge in [0, 0.05) is 32.6 Å². The third-order valence-electron chi connectivity index (χ3n) is 6.19. The summed E-state index contributed by atoms with van der Waals surface area (Å²) >= 11 is 0. The van der Waals surface area contributed by atoms with Gasteiger partial charge in [0.2, 0.25) is 5.91 Å². The Morgan fingerprint density at radius 2 is 2.00 bits per heavy atom. The van der Waals surface area contributed by atoms with Crippen LogP contribution in [-0.2, 0) is 17.9 Å². The van der Waals surface area contributed by atoms with Crippen molar-refractivity contribution >= 4 is 5.91 Å². The predicted octanol–water partition coefficient (Wildman–Crippen LogP) is 1.24. The van der Waals surface area contributed by atoms with E-state index >= 15 is 0 Å². The second-order valence-corrected chi connectivity index (χ2v) is 8.43. The van der Waals surface area contributed by atoms with E-state index in [2.05, 4.69) is 39.3 Å². The molecule has 1 aromatic heterocycles. The van der Waals surface area contributed by atoms with Gasteiger partial charge in [-0.05, 0) is 75.1 Å². The number of aryl methyl sites for hydroxylation is 1. The highest BCUT2D eigenvalue weighted by molar-refractivity contribution is 5.75. The maximum absolute atomic E-state index is 12.4. The van der Waals surface area contributed by atoms with E-state index in [-0.39, 0.29) is 5.91 Å². The Bertz CT molecular complexity index is 597. The quantitative estimate of drug-likeness (QED) is 0.679. The van der Waals surface area contributed by atoms with Crippen molar-refractivity contribution < 1.29 is 4.79 Å². The summed E-state index contributed by atoms with van der Waals surface area (Å²) in [6, 6.07) is 0.511. The second-order valence-electron chi connectivity index (χ2n) is 8.43. The van der Waals surface area contributed by atoms with Gasteiger partial charge >= 0.3 is 0 Å². The van der Waals surface area contributed by atoms with Crippen molar-refractivity contribution in [2.75, 3.05) is 40.3 Å². The van der Waals surface area contributed by atoms with Crippen LogP contribution in [0.2, 0.25) is 0 Å². The van der Waals surface area contributed by atoms with E-state index in [0.29, 0.717) is 19.0 Å². The fourth-order valence-corrected chi connectivity index (χ4v) is 4.13. The first kappa shape index (κ1) is 20.2. The van der Waals surface area contributed by atoms with E-state index < -0.39 is 0 Å². The van der Waals surface area contributed by atoms with E-state index in [1.807, 2.05) is 16.6 Å². The molecular formula is C19H35N7O. The Morgan fingerprint density at radius 3 is 2.70 bits per heavy atom. The Balaban J connectivity index is 1.40. The molecule has 27 heavy (non-hydrogen) atoms. The molecule has 0 bridgehead atoms. The number of carbonyl (C=O) groups excluding carboxylic acids is 1. The molecule has 3 heterocycles. The molecule has 2 aliphatic rings. The number of likely N-dealkylation sites (N-methyl/N-ethyl adjacent to an activating group) is 2. The summed E-state index contributed by atoms with van der Waals surface area (Å²) in [5.41, 5.74) is 0. The van der Waals surface area contributed by atoms with Crippen LogP contribution in [0.25, 0.3) is 0 Å². The van der Waals surface area contributed by atoms with Crippen LogP contribution in [0.5, 0.6) is 0 Å². The molecule has 1 aromatic rings. The van der Waals surface area contributed by atoms with Crippen LogP contribution in [-0.4, -0.2) is 87.1 Å². The van der Waals surface area contributed by atoms with Crippen molar-refractivity contribution in [2.24, 2.45) is 5.92 Å². The number of tetrazole rings is 1. The van der Waals surface area contributed by atoms with Gasteiger partial charge in [0.15, 0.2) is 5.82 Å². The molecule has 0 radical (unpaired) electrons. The minimum Gasteiger partial charge on any atom is -0.344 e. The highest BCUT2D eigenvalue weighted by atomic mass is 16.2. The molecule has 1 amide bonds. The minimum absolute atomic E-state index is 0.218. The smallest absolute Gasteiger partial charge is 0.222 e.